The number of hydrogen-bond acceptors (Lipinski definition) is 4. The van der Waals surface area contributed by atoms with Gasteiger partial charge in [0.15, 0.2) is 0 Å². The van der Waals surface area contributed by atoms with Crippen molar-refractivity contribution in [3.63, 3.8) is 0 Å². The van der Waals surface area contributed by atoms with E-state index in [1.165, 1.54) is 0 Å². The Kier molecular flexibility index (Phi) is 7.05. The summed E-state index contributed by atoms with van der Waals surface area (Å²) in [4.78, 5) is 27.4. The van der Waals surface area contributed by atoms with Gasteiger partial charge in [0.05, 0.1) is 23.4 Å². The van der Waals surface area contributed by atoms with Gasteiger partial charge in [0.25, 0.3) is 5.91 Å². The van der Waals surface area contributed by atoms with Gasteiger partial charge in [0.1, 0.15) is 0 Å². The number of aromatic amines is 1. The Morgan fingerprint density at radius 3 is 2.42 bits per heavy atom. The lowest BCUT2D eigenvalue weighted by atomic mass is 9.92. The van der Waals surface area contributed by atoms with Crippen LogP contribution in [-0.2, 0) is 9.53 Å². The second-order valence-electron chi connectivity index (χ2n) is 10.6. The number of fused-ring (bicyclic) bond motifs is 1. The highest BCUT2D eigenvalue weighted by Crippen LogP contribution is 2.31. The van der Waals surface area contributed by atoms with E-state index >= 15 is 0 Å². The van der Waals surface area contributed by atoms with Crippen molar-refractivity contribution in [1.82, 2.24) is 20.4 Å². The van der Waals surface area contributed by atoms with Crippen LogP contribution in [0.15, 0.2) is 78.4 Å². The Balaban J connectivity index is 1.17. The smallest absolute Gasteiger partial charge is 0.254 e. The van der Waals surface area contributed by atoms with Crippen molar-refractivity contribution in [2.45, 2.75) is 32.0 Å². The Hall–Kier alpha value is -4.49. The number of benzene rings is 3. The molecule has 202 valence electrons. The van der Waals surface area contributed by atoms with Crippen LogP contribution in [0.4, 0.5) is 0 Å². The molecule has 6 rings (SSSR count). The molecule has 7 heteroatoms. The van der Waals surface area contributed by atoms with E-state index in [1.807, 2.05) is 97.6 Å². The van der Waals surface area contributed by atoms with E-state index < -0.39 is 0 Å². The standard InChI is InChI=1S/C33H32N4O3/c1-21-19-37(20-22(2)40-21)33(39)26-12-8-23(9-13-26)11-15-30-27-14-10-24(17-31(27)36-35-30)16-28-29(18-34-32(28)38)25-6-4-3-5-7-25/h3-17,21-22,29H,18-20H2,1-2H3,(H,34,38)(H,35,36)/b15-11+,28-16+/t21-,22+,29?. The van der Waals surface area contributed by atoms with Crippen molar-refractivity contribution in [3.8, 4) is 0 Å². The third kappa shape index (κ3) is 5.33. The van der Waals surface area contributed by atoms with E-state index in [-0.39, 0.29) is 29.9 Å². The van der Waals surface area contributed by atoms with Gasteiger partial charge in [-0.1, -0.05) is 54.6 Å². The van der Waals surface area contributed by atoms with Gasteiger partial charge in [-0.25, -0.2) is 0 Å². The zero-order valence-electron chi connectivity index (χ0n) is 22.6. The summed E-state index contributed by atoms with van der Waals surface area (Å²) >= 11 is 0. The summed E-state index contributed by atoms with van der Waals surface area (Å²) in [6.45, 7) is 5.82. The molecule has 0 spiro atoms. The molecule has 0 aliphatic carbocycles. The number of carbonyl (C=O) groups is 2. The fourth-order valence-electron chi connectivity index (χ4n) is 5.61. The molecule has 2 amide bonds. The van der Waals surface area contributed by atoms with E-state index in [0.717, 1.165) is 38.9 Å². The molecule has 4 aromatic rings. The highest BCUT2D eigenvalue weighted by Gasteiger charge is 2.29. The maximum Gasteiger partial charge on any atom is 0.254 e. The molecule has 2 saturated heterocycles. The van der Waals surface area contributed by atoms with E-state index in [0.29, 0.717) is 25.2 Å². The minimum atomic E-state index is -0.0241. The summed E-state index contributed by atoms with van der Waals surface area (Å²) < 4.78 is 5.75. The molecule has 1 unspecified atom stereocenters. The van der Waals surface area contributed by atoms with Crippen molar-refractivity contribution < 1.29 is 14.3 Å². The predicted octanol–water partition coefficient (Wildman–Crippen LogP) is 5.28. The first kappa shape index (κ1) is 25.8. The van der Waals surface area contributed by atoms with Crippen molar-refractivity contribution in [1.29, 1.82) is 0 Å². The van der Waals surface area contributed by atoms with Crippen LogP contribution in [0.5, 0.6) is 0 Å². The highest BCUT2D eigenvalue weighted by molar-refractivity contribution is 6.02. The molecule has 2 aliphatic rings. The Labute approximate surface area is 233 Å². The molecular formula is C33H32N4O3. The van der Waals surface area contributed by atoms with Gasteiger partial charge in [-0.05, 0) is 67.0 Å². The van der Waals surface area contributed by atoms with Crippen LogP contribution in [0.2, 0.25) is 0 Å². The SMILES string of the molecule is C[C@@H]1CN(C(=O)c2ccc(/C=C/c3n[nH]c4cc(/C=C5/C(=O)NCC5c5ccccc5)ccc34)cc2)C[C@H](C)O1. The first-order valence-electron chi connectivity index (χ1n) is 13.7. The molecule has 2 N–H and O–H groups in total. The molecule has 1 aromatic heterocycles. The first-order valence-corrected chi connectivity index (χ1v) is 13.7. The maximum atomic E-state index is 12.9. The van der Waals surface area contributed by atoms with Gasteiger partial charge < -0.3 is 15.0 Å². The van der Waals surface area contributed by atoms with Crippen LogP contribution in [-0.4, -0.2) is 58.8 Å². The number of hydrogen-bond donors (Lipinski definition) is 2. The average Bonchev–Trinajstić information content (AvgIpc) is 3.54. The maximum absolute atomic E-state index is 12.9. The van der Waals surface area contributed by atoms with Gasteiger partial charge in [-0.15, -0.1) is 0 Å². The van der Waals surface area contributed by atoms with E-state index in [4.69, 9.17) is 4.74 Å². The van der Waals surface area contributed by atoms with Crippen molar-refractivity contribution in [3.05, 3.63) is 106 Å². The number of morpholine rings is 1. The predicted molar refractivity (Wildman–Crippen MR) is 158 cm³/mol. The molecule has 7 nitrogen and oxygen atoms in total. The second-order valence-corrected chi connectivity index (χ2v) is 10.6. The quantitative estimate of drug-likeness (QED) is 0.343. The minimum absolute atomic E-state index is 0.0241. The number of aromatic nitrogens is 2. The summed E-state index contributed by atoms with van der Waals surface area (Å²) in [6.07, 6.45) is 6.01. The van der Waals surface area contributed by atoms with Gasteiger partial charge in [0, 0.05) is 42.1 Å². The molecule has 40 heavy (non-hydrogen) atoms. The van der Waals surface area contributed by atoms with Crippen LogP contribution in [0.25, 0.3) is 29.1 Å². The summed E-state index contributed by atoms with van der Waals surface area (Å²) in [7, 11) is 0. The fourth-order valence-corrected chi connectivity index (χ4v) is 5.61. The lowest BCUT2D eigenvalue weighted by Gasteiger charge is -2.35. The first-order chi connectivity index (χ1) is 19.4. The van der Waals surface area contributed by atoms with Crippen molar-refractivity contribution in [2.24, 2.45) is 0 Å². The lowest BCUT2D eigenvalue weighted by Crippen LogP contribution is -2.48. The molecular weight excluding hydrogens is 500 g/mol. The average molecular weight is 533 g/mol. The normalized spacial score (nSPS) is 22.4. The Bertz CT molecular complexity index is 1590. The number of nitrogens with zero attached hydrogens (tertiary/aromatic N) is 2. The highest BCUT2D eigenvalue weighted by atomic mass is 16.5. The van der Waals surface area contributed by atoms with Crippen LogP contribution >= 0.6 is 0 Å². The van der Waals surface area contributed by atoms with Crippen molar-refractivity contribution in [2.75, 3.05) is 19.6 Å². The number of nitrogens with one attached hydrogen (secondary N) is 2. The van der Waals surface area contributed by atoms with Crippen LogP contribution < -0.4 is 5.32 Å². The molecule has 3 heterocycles. The Morgan fingerprint density at radius 1 is 0.950 bits per heavy atom. The molecule has 2 fully saturated rings. The molecule has 3 aromatic carbocycles. The zero-order valence-corrected chi connectivity index (χ0v) is 22.6. The summed E-state index contributed by atoms with van der Waals surface area (Å²) in [5.41, 5.74) is 6.23. The summed E-state index contributed by atoms with van der Waals surface area (Å²) in [6, 6.07) is 23.8. The minimum Gasteiger partial charge on any atom is -0.372 e. The van der Waals surface area contributed by atoms with Crippen LogP contribution in [0.3, 0.4) is 0 Å². The van der Waals surface area contributed by atoms with Crippen molar-refractivity contribution >= 4 is 40.9 Å². The van der Waals surface area contributed by atoms with E-state index in [9.17, 15) is 9.59 Å². The van der Waals surface area contributed by atoms with E-state index in [1.54, 1.807) is 0 Å². The van der Waals surface area contributed by atoms with Gasteiger partial charge in [0.2, 0.25) is 5.91 Å². The number of rotatable bonds is 5. The molecule has 0 saturated carbocycles. The third-order valence-corrected chi connectivity index (χ3v) is 7.54. The number of carbonyl (C=O) groups excluding carboxylic acids is 2. The van der Waals surface area contributed by atoms with E-state index in [2.05, 4.69) is 27.6 Å². The largest absolute Gasteiger partial charge is 0.372 e. The number of ether oxygens (including phenoxy) is 1. The lowest BCUT2D eigenvalue weighted by molar-refractivity contribution is -0.116. The summed E-state index contributed by atoms with van der Waals surface area (Å²) in [5.74, 6) is 0.0445. The number of H-pyrrole nitrogens is 1. The van der Waals surface area contributed by atoms with Gasteiger partial charge in [-0.3, -0.25) is 14.7 Å². The van der Waals surface area contributed by atoms with Gasteiger partial charge in [-0.2, -0.15) is 5.10 Å². The monoisotopic (exact) mass is 532 g/mol. The molecule has 0 bridgehead atoms. The van der Waals surface area contributed by atoms with Gasteiger partial charge >= 0.3 is 0 Å². The van der Waals surface area contributed by atoms with Crippen LogP contribution in [0.1, 0.15) is 52.5 Å². The van der Waals surface area contributed by atoms with Crippen LogP contribution in [0, 0.1) is 0 Å². The Morgan fingerprint density at radius 2 is 1.68 bits per heavy atom. The molecule has 2 aliphatic heterocycles. The molecule has 0 radical (unpaired) electrons. The summed E-state index contributed by atoms with van der Waals surface area (Å²) in [5, 5.41) is 11.6. The topological polar surface area (TPSA) is 87.3 Å². The molecule has 3 atom stereocenters. The zero-order chi connectivity index (χ0) is 27.6. The fraction of sp³-hybridized carbons (Fsp3) is 0.242. The second kappa shape index (κ2) is 10.9. The third-order valence-electron chi connectivity index (χ3n) is 7.54. The number of amides is 2.